The molecule has 0 saturated carbocycles. The van der Waals surface area contributed by atoms with Gasteiger partial charge in [-0.25, -0.2) is 0 Å². The fourth-order valence-corrected chi connectivity index (χ4v) is 3.26. The van der Waals surface area contributed by atoms with Crippen LogP contribution in [0.25, 0.3) is 0 Å². The van der Waals surface area contributed by atoms with Crippen molar-refractivity contribution in [1.29, 1.82) is 0 Å². The van der Waals surface area contributed by atoms with Crippen molar-refractivity contribution in [3.8, 4) is 5.75 Å². The average Bonchev–Trinajstić information content (AvgIpc) is 2.63. The van der Waals surface area contributed by atoms with Gasteiger partial charge in [-0.1, -0.05) is 32.0 Å². The lowest BCUT2D eigenvalue weighted by atomic mass is 10.0. The Balaban J connectivity index is 1.45. The minimum atomic E-state index is 0.681. The second kappa shape index (κ2) is 8.80. The SMILES string of the molecule is CC(C)CCOc1ccc(NCCN2CCCc3ccccc32)cc1. The third-order valence-electron chi connectivity index (χ3n) is 4.74. The van der Waals surface area contributed by atoms with Gasteiger partial charge in [0.05, 0.1) is 6.61 Å². The maximum atomic E-state index is 5.77. The number of anilines is 2. The summed E-state index contributed by atoms with van der Waals surface area (Å²) in [6.07, 6.45) is 3.55. The van der Waals surface area contributed by atoms with E-state index < -0.39 is 0 Å². The molecule has 2 aromatic rings. The van der Waals surface area contributed by atoms with E-state index in [9.17, 15) is 0 Å². The molecule has 0 fully saturated rings. The summed E-state index contributed by atoms with van der Waals surface area (Å²) >= 11 is 0. The highest BCUT2D eigenvalue weighted by Gasteiger charge is 2.15. The van der Waals surface area contributed by atoms with Crippen LogP contribution in [0.5, 0.6) is 5.75 Å². The van der Waals surface area contributed by atoms with Crippen LogP contribution in [0.1, 0.15) is 32.3 Å². The highest BCUT2D eigenvalue weighted by atomic mass is 16.5. The molecule has 0 aliphatic carbocycles. The lowest BCUT2D eigenvalue weighted by Crippen LogP contribution is -2.33. The normalized spacial score (nSPS) is 13.6. The molecule has 1 N–H and O–H groups in total. The van der Waals surface area contributed by atoms with Crippen molar-refractivity contribution >= 4 is 11.4 Å². The van der Waals surface area contributed by atoms with Crippen molar-refractivity contribution in [3.05, 3.63) is 54.1 Å². The lowest BCUT2D eigenvalue weighted by Gasteiger charge is -2.31. The van der Waals surface area contributed by atoms with Crippen LogP contribution in [0, 0.1) is 5.92 Å². The Morgan fingerprint density at radius 1 is 1.08 bits per heavy atom. The summed E-state index contributed by atoms with van der Waals surface area (Å²) in [6, 6.07) is 17.1. The van der Waals surface area contributed by atoms with Gasteiger partial charge in [-0.05, 0) is 61.1 Å². The Labute approximate surface area is 152 Å². The molecule has 0 unspecified atom stereocenters. The number of ether oxygens (including phenoxy) is 1. The van der Waals surface area contributed by atoms with Gasteiger partial charge in [-0.2, -0.15) is 0 Å². The molecule has 0 atom stereocenters. The molecule has 1 heterocycles. The zero-order valence-corrected chi connectivity index (χ0v) is 15.5. The third kappa shape index (κ3) is 5.15. The zero-order valence-electron chi connectivity index (χ0n) is 15.5. The maximum Gasteiger partial charge on any atom is 0.119 e. The molecule has 2 aromatic carbocycles. The van der Waals surface area contributed by atoms with Gasteiger partial charge in [0.15, 0.2) is 0 Å². The molecule has 134 valence electrons. The summed E-state index contributed by atoms with van der Waals surface area (Å²) in [5.74, 6) is 1.64. The Hall–Kier alpha value is -2.16. The van der Waals surface area contributed by atoms with Crippen LogP contribution in [0.15, 0.2) is 48.5 Å². The van der Waals surface area contributed by atoms with Crippen LogP contribution in [0.3, 0.4) is 0 Å². The Kier molecular flexibility index (Phi) is 6.21. The number of para-hydroxylation sites is 1. The molecule has 1 aliphatic rings. The monoisotopic (exact) mass is 338 g/mol. The van der Waals surface area contributed by atoms with Crippen LogP contribution in [-0.4, -0.2) is 26.2 Å². The lowest BCUT2D eigenvalue weighted by molar-refractivity contribution is 0.289. The highest BCUT2D eigenvalue weighted by molar-refractivity contribution is 5.55. The number of aryl methyl sites for hydroxylation is 1. The van der Waals surface area contributed by atoms with Gasteiger partial charge >= 0.3 is 0 Å². The Morgan fingerprint density at radius 2 is 1.88 bits per heavy atom. The van der Waals surface area contributed by atoms with Crippen molar-refractivity contribution in [1.82, 2.24) is 0 Å². The zero-order chi connectivity index (χ0) is 17.5. The summed E-state index contributed by atoms with van der Waals surface area (Å²) in [6.45, 7) is 8.36. The fraction of sp³-hybridized carbons (Fsp3) is 0.455. The van der Waals surface area contributed by atoms with Crippen LogP contribution >= 0.6 is 0 Å². The topological polar surface area (TPSA) is 24.5 Å². The van der Waals surface area contributed by atoms with Crippen molar-refractivity contribution < 1.29 is 4.74 Å². The van der Waals surface area contributed by atoms with Gasteiger partial charge in [-0.3, -0.25) is 0 Å². The van der Waals surface area contributed by atoms with E-state index in [0.29, 0.717) is 5.92 Å². The van der Waals surface area contributed by atoms with E-state index in [1.165, 1.54) is 24.1 Å². The first kappa shape index (κ1) is 17.7. The quantitative estimate of drug-likeness (QED) is 0.735. The number of fused-ring (bicyclic) bond motifs is 1. The first-order chi connectivity index (χ1) is 12.2. The molecule has 1 aliphatic heterocycles. The summed E-state index contributed by atoms with van der Waals surface area (Å²) in [4.78, 5) is 2.50. The smallest absolute Gasteiger partial charge is 0.119 e. The number of hydrogen-bond donors (Lipinski definition) is 1. The molecule has 3 nitrogen and oxygen atoms in total. The van der Waals surface area contributed by atoms with Gasteiger partial charge in [-0.15, -0.1) is 0 Å². The van der Waals surface area contributed by atoms with Crippen LogP contribution in [-0.2, 0) is 6.42 Å². The van der Waals surface area contributed by atoms with Crippen molar-refractivity contribution in [2.75, 3.05) is 36.5 Å². The van der Waals surface area contributed by atoms with Crippen molar-refractivity contribution in [2.45, 2.75) is 33.1 Å². The fourth-order valence-electron chi connectivity index (χ4n) is 3.26. The molecule has 0 spiro atoms. The molecule has 3 heteroatoms. The third-order valence-corrected chi connectivity index (χ3v) is 4.74. The van der Waals surface area contributed by atoms with E-state index in [-0.39, 0.29) is 0 Å². The van der Waals surface area contributed by atoms with Crippen molar-refractivity contribution in [3.63, 3.8) is 0 Å². The Morgan fingerprint density at radius 3 is 2.68 bits per heavy atom. The molecular weight excluding hydrogens is 308 g/mol. The van der Waals surface area contributed by atoms with Gasteiger partial charge < -0.3 is 15.0 Å². The van der Waals surface area contributed by atoms with Gasteiger partial charge in [0.25, 0.3) is 0 Å². The van der Waals surface area contributed by atoms with E-state index in [2.05, 4.69) is 72.6 Å². The van der Waals surface area contributed by atoms with Crippen LogP contribution in [0.4, 0.5) is 11.4 Å². The molecule has 0 bridgehead atoms. The van der Waals surface area contributed by atoms with Gasteiger partial charge in [0, 0.05) is 31.0 Å². The molecule has 0 radical (unpaired) electrons. The molecule has 3 rings (SSSR count). The second-order valence-electron chi connectivity index (χ2n) is 7.20. The minimum absolute atomic E-state index is 0.681. The van der Waals surface area contributed by atoms with Gasteiger partial charge in [0.2, 0.25) is 0 Å². The van der Waals surface area contributed by atoms with E-state index in [0.717, 1.165) is 44.1 Å². The molecule has 0 aromatic heterocycles. The number of hydrogen-bond acceptors (Lipinski definition) is 3. The Bertz CT molecular complexity index is 651. The molecule has 25 heavy (non-hydrogen) atoms. The van der Waals surface area contributed by atoms with E-state index in [1.54, 1.807) is 0 Å². The standard InChI is InChI=1S/C22H30N2O/c1-18(2)13-17-25-21-11-9-20(10-12-21)23-14-16-24-15-5-7-19-6-3-4-8-22(19)24/h3-4,6,8-12,18,23H,5,7,13-17H2,1-2H3. The van der Waals surface area contributed by atoms with E-state index in [4.69, 9.17) is 4.74 Å². The maximum absolute atomic E-state index is 5.77. The molecule has 0 amide bonds. The number of benzene rings is 2. The minimum Gasteiger partial charge on any atom is -0.494 e. The van der Waals surface area contributed by atoms with Crippen molar-refractivity contribution in [2.24, 2.45) is 5.92 Å². The average molecular weight is 338 g/mol. The van der Waals surface area contributed by atoms with E-state index >= 15 is 0 Å². The van der Waals surface area contributed by atoms with Crippen LogP contribution in [0.2, 0.25) is 0 Å². The summed E-state index contributed by atoms with van der Waals surface area (Å²) in [5, 5.41) is 3.53. The molecular formula is C22H30N2O. The summed E-state index contributed by atoms with van der Waals surface area (Å²) < 4.78 is 5.77. The summed E-state index contributed by atoms with van der Waals surface area (Å²) in [5.41, 5.74) is 4.04. The predicted octanol–water partition coefficient (Wildman–Crippen LogP) is 4.98. The number of nitrogens with one attached hydrogen (secondary N) is 1. The number of rotatable bonds is 8. The van der Waals surface area contributed by atoms with E-state index in [1.807, 2.05) is 0 Å². The largest absolute Gasteiger partial charge is 0.494 e. The summed E-state index contributed by atoms with van der Waals surface area (Å²) in [7, 11) is 0. The number of nitrogens with zero attached hydrogens (tertiary/aromatic N) is 1. The first-order valence-corrected chi connectivity index (χ1v) is 9.52. The highest BCUT2D eigenvalue weighted by Crippen LogP contribution is 2.26. The van der Waals surface area contributed by atoms with Gasteiger partial charge in [0.1, 0.15) is 5.75 Å². The van der Waals surface area contributed by atoms with Crippen LogP contribution < -0.4 is 15.0 Å². The predicted molar refractivity (Wildman–Crippen MR) is 107 cm³/mol. The first-order valence-electron chi connectivity index (χ1n) is 9.52. The second-order valence-corrected chi connectivity index (χ2v) is 7.20. The molecule has 0 saturated heterocycles.